The fourth-order valence-electron chi connectivity index (χ4n) is 7.31. The molecule has 1 heterocycles. The first-order valence-corrected chi connectivity index (χ1v) is 11.1. The van der Waals surface area contributed by atoms with E-state index in [2.05, 4.69) is 18.7 Å². The van der Waals surface area contributed by atoms with Crippen molar-refractivity contribution in [1.82, 2.24) is 4.90 Å². The van der Waals surface area contributed by atoms with Gasteiger partial charge in [-0.2, -0.15) is 0 Å². The number of esters is 1. The third kappa shape index (κ3) is 2.82. The molecule has 0 bridgehead atoms. The van der Waals surface area contributed by atoms with Gasteiger partial charge in [-0.3, -0.25) is 14.5 Å². The van der Waals surface area contributed by atoms with Crippen molar-refractivity contribution in [2.75, 3.05) is 19.6 Å². The van der Waals surface area contributed by atoms with Gasteiger partial charge in [0, 0.05) is 24.9 Å². The maximum atomic E-state index is 12.3. The highest BCUT2D eigenvalue weighted by molar-refractivity contribution is 5.91. The highest BCUT2D eigenvalue weighted by Gasteiger charge is 2.60. The molecule has 0 unspecified atom stereocenters. The zero-order chi connectivity index (χ0) is 18.8. The van der Waals surface area contributed by atoms with Crippen molar-refractivity contribution in [2.45, 2.75) is 71.3 Å². The Bertz CT molecular complexity index is 696. The lowest BCUT2D eigenvalue weighted by molar-refractivity contribution is -0.159. The Morgan fingerprint density at radius 1 is 1.11 bits per heavy atom. The second-order valence-corrected chi connectivity index (χ2v) is 10.3. The highest BCUT2D eigenvalue weighted by Crippen LogP contribution is 2.65. The third-order valence-electron chi connectivity index (χ3n) is 9.04. The average molecular weight is 372 g/mol. The molecule has 0 aromatic heterocycles. The van der Waals surface area contributed by atoms with Gasteiger partial charge < -0.3 is 4.74 Å². The van der Waals surface area contributed by atoms with Crippen LogP contribution >= 0.6 is 0 Å². The van der Waals surface area contributed by atoms with Crippen LogP contribution in [-0.2, 0) is 14.3 Å². The fourth-order valence-corrected chi connectivity index (χ4v) is 7.31. The Hall–Kier alpha value is -1.16. The summed E-state index contributed by atoms with van der Waals surface area (Å²) in [5.41, 5.74) is 1.81. The van der Waals surface area contributed by atoms with Crippen molar-refractivity contribution >= 4 is 11.8 Å². The van der Waals surface area contributed by atoms with Crippen LogP contribution in [0.1, 0.15) is 65.2 Å². The summed E-state index contributed by atoms with van der Waals surface area (Å²) < 4.78 is 6.02. The molecule has 4 heteroatoms. The van der Waals surface area contributed by atoms with E-state index in [1.54, 1.807) is 0 Å². The Labute approximate surface area is 162 Å². The monoisotopic (exact) mass is 371 g/mol. The van der Waals surface area contributed by atoms with Gasteiger partial charge in [0.15, 0.2) is 5.78 Å². The summed E-state index contributed by atoms with van der Waals surface area (Å²) in [6, 6.07) is 0. The van der Waals surface area contributed by atoms with Crippen LogP contribution in [0.15, 0.2) is 11.6 Å². The fraction of sp³-hybridized carbons (Fsp3) is 0.826. The molecule has 1 aliphatic heterocycles. The highest BCUT2D eigenvalue weighted by atomic mass is 16.5. The van der Waals surface area contributed by atoms with Gasteiger partial charge in [0.2, 0.25) is 0 Å². The molecule has 0 spiro atoms. The van der Waals surface area contributed by atoms with Crippen molar-refractivity contribution < 1.29 is 14.3 Å². The van der Waals surface area contributed by atoms with E-state index in [-0.39, 0.29) is 22.9 Å². The Kier molecular flexibility index (Phi) is 4.09. The molecule has 3 saturated carbocycles. The zero-order valence-corrected chi connectivity index (χ0v) is 16.8. The molecule has 4 fully saturated rings. The van der Waals surface area contributed by atoms with Crippen LogP contribution in [-0.4, -0.2) is 42.4 Å². The zero-order valence-electron chi connectivity index (χ0n) is 16.8. The SMILES string of the molecule is C[C@]12CC[C@H]3[C@@H](CCC4=CC(=O)CC[C@@]43C)[C@@H]1CC[C@@H]2OC(=O)CN1CC1. The van der Waals surface area contributed by atoms with E-state index in [1.807, 2.05) is 6.08 Å². The van der Waals surface area contributed by atoms with Gasteiger partial charge in [0.25, 0.3) is 0 Å². The largest absolute Gasteiger partial charge is 0.461 e. The van der Waals surface area contributed by atoms with Crippen LogP contribution < -0.4 is 0 Å². The number of ketones is 1. The lowest BCUT2D eigenvalue weighted by Crippen LogP contribution is -2.51. The van der Waals surface area contributed by atoms with E-state index in [1.165, 1.54) is 24.8 Å². The summed E-state index contributed by atoms with van der Waals surface area (Å²) in [5, 5.41) is 0. The van der Waals surface area contributed by atoms with Crippen molar-refractivity contribution in [1.29, 1.82) is 0 Å². The van der Waals surface area contributed by atoms with E-state index < -0.39 is 0 Å². The first-order chi connectivity index (χ1) is 12.9. The smallest absolute Gasteiger partial charge is 0.320 e. The number of carbonyl (C=O) groups excluding carboxylic acids is 2. The van der Waals surface area contributed by atoms with Gasteiger partial charge >= 0.3 is 5.97 Å². The van der Waals surface area contributed by atoms with Gasteiger partial charge in [-0.25, -0.2) is 0 Å². The minimum atomic E-state index is -0.0203. The molecule has 0 N–H and O–H groups in total. The lowest BCUT2D eigenvalue weighted by Gasteiger charge is -2.57. The van der Waals surface area contributed by atoms with Crippen molar-refractivity contribution in [3.05, 3.63) is 11.6 Å². The molecule has 4 nitrogen and oxygen atoms in total. The summed E-state index contributed by atoms with van der Waals surface area (Å²) in [6.45, 7) is 7.39. The number of hydrogen-bond donors (Lipinski definition) is 0. The molecular weight excluding hydrogens is 338 g/mol. The number of ether oxygens (including phenoxy) is 1. The standard InChI is InChI=1S/C23H33NO3/c1-22-9-7-16(25)13-15(22)3-4-17-18-5-6-20(23(18,2)10-8-19(17)22)27-21(26)14-24-11-12-24/h13,17-20H,3-12,14H2,1-2H3/t17-,18-,19-,20-,22-,23-/m0/s1. The second kappa shape index (κ2) is 6.17. The summed E-state index contributed by atoms with van der Waals surface area (Å²) >= 11 is 0. The second-order valence-electron chi connectivity index (χ2n) is 10.3. The molecule has 148 valence electrons. The molecule has 0 amide bonds. The van der Waals surface area contributed by atoms with E-state index in [0.29, 0.717) is 24.2 Å². The van der Waals surface area contributed by atoms with Gasteiger partial charge in [-0.1, -0.05) is 19.4 Å². The van der Waals surface area contributed by atoms with E-state index in [4.69, 9.17) is 4.74 Å². The summed E-state index contributed by atoms with van der Waals surface area (Å²) in [7, 11) is 0. The van der Waals surface area contributed by atoms with Gasteiger partial charge in [0.05, 0.1) is 6.54 Å². The van der Waals surface area contributed by atoms with Crippen LogP contribution in [0.3, 0.4) is 0 Å². The molecule has 0 radical (unpaired) electrons. The maximum absolute atomic E-state index is 12.3. The normalized spacial score (nSPS) is 46.1. The summed E-state index contributed by atoms with van der Waals surface area (Å²) in [5.74, 6) is 2.42. The quantitative estimate of drug-likeness (QED) is 0.560. The number of allylic oxidation sites excluding steroid dienone is 1. The molecule has 0 aromatic carbocycles. The first-order valence-electron chi connectivity index (χ1n) is 11.1. The van der Waals surface area contributed by atoms with Crippen LogP contribution in [0.25, 0.3) is 0 Å². The van der Waals surface area contributed by atoms with Gasteiger partial charge in [-0.05, 0) is 74.2 Å². The predicted octanol–water partition coefficient (Wildman–Crippen LogP) is 3.75. The number of carbonyl (C=O) groups is 2. The van der Waals surface area contributed by atoms with E-state index in [9.17, 15) is 9.59 Å². The van der Waals surface area contributed by atoms with Crippen molar-refractivity contribution in [3.8, 4) is 0 Å². The number of fused-ring (bicyclic) bond motifs is 5. The molecule has 0 aromatic rings. The topological polar surface area (TPSA) is 46.4 Å². The molecule has 5 rings (SSSR count). The Balaban J connectivity index is 1.34. The average Bonchev–Trinajstić information content (AvgIpc) is 3.37. The number of nitrogens with zero attached hydrogens (tertiary/aromatic N) is 1. The van der Waals surface area contributed by atoms with Crippen LogP contribution in [0, 0.1) is 28.6 Å². The molecule has 27 heavy (non-hydrogen) atoms. The molecule has 6 atom stereocenters. The van der Waals surface area contributed by atoms with Crippen LogP contribution in [0.5, 0.6) is 0 Å². The number of hydrogen-bond acceptors (Lipinski definition) is 4. The Morgan fingerprint density at radius 3 is 2.70 bits per heavy atom. The van der Waals surface area contributed by atoms with Crippen molar-refractivity contribution in [2.24, 2.45) is 28.6 Å². The predicted molar refractivity (Wildman–Crippen MR) is 103 cm³/mol. The maximum Gasteiger partial charge on any atom is 0.320 e. The van der Waals surface area contributed by atoms with Crippen LogP contribution in [0.2, 0.25) is 0 Å². The summed E-state index contributed by atoms with van der Waals surface area (Å²) in [6.07, 6.45) is 10.8. The molecule has 4 aliphatic carbocycles. The van der Waals surface area contributed by atoms with Gasteiger partial charge in [-0.15, -0.1) is 0 Å². The first kappa shape index (κ1) is 17.9. The molecule has 5 aliphatic rings. The molecule has 1 saturated heterocycles. The minimum Gasteiger partial charge on any atom is -0.461 e. The minimum absolute atomic E-state index is 0.0203. The number of rotatable bonds is 3. The Morgan fingerprint density at radius 2 is 1.93 bits per heavy atom. The van der Waals surface area contributed by atoms with Crippen molar-refractivity contribution in [3.63, 3.8) is 0 Å². The van der Waals surface area contributed by atoms with E-state index >= 15 is 0 Å². The van der Waals surface area contributed by atoms with E-state index in [0.717, 1.165) is 51.1 Å². The third-order valence-corrected chi connectivity index (χ3v) is 9.04. The van der Waals surface area contributed by atoms with Gasteiger partial charge in [0.1, 0.15) is 6.10 Å². The molecular formula is C23H33NO3. The lowest BCUT2D eigenvalue weighted by atomic mass is 9.47. The summed E-state index contributed by atoms with van der Waals surface area (Å²) in [4.78, 5) is 26.4. The van der Waals surface area contributed by atoms with Crippen LogP contribution in [0.4, 0.5) is 0 Å².